The number of hydrogen-bond donors (Lipinski definition) is 2. The van der Waals surface area contributed by atoms with E-state index in [0.29, 0.717) is 6.42 Å². The number of nitrogens with two attached hydrogens (primary N) is 1. The molecule has 2 rings (SSSR count). The molecular weight excluding hydrogens is 284 g/mol. The molecule has 2 aliphatic rings. The van der Waals surface area contributed by atoms with Crippen molar-refractivity contribution < 1.29 is 19.0 Å². The molecule has 1 aliphatic heterocycles. The number of nitrogens with one attached hydrogen (secondary N) is 1. The van der Waals surface area contributed by atoms with Crippen LogP contribution in [0.3, 0.4) is 0 Å². The van der Waals surface area contributed by atoms with E-state index in [1.165, 1.54) is 0 Å². The van der Waals surface area contributed by atoms with E-state index < -0.39 is 28.7 Å². The molecule has 0 unspecified atom stereocenters. The maximum Gasteiger partial charge on any atom is 0.409 e. The third-order valence-corrected chi connectivity index (χ3v) is 4.16. The molecule has 22 heavy (non-hydrogen) atoms. The van der Waals surface area contributed by atoms with Gasteiger partial charge in [-0.25, -0.2) is 4.79 Å². The summed E-state index contributed by atoms with van der Waals surface area (Å²) in [4.78, 5) is 12.2. The summed E-state index contributed by atoms with van der Waals surface area (Å²) in [5.41, 5.74) is 4.46. The van der Waals surface area contributed by atoms with E-state index in [1.807, 2.05) is 48.5 Å². The van der Waals surface area contributed by atoms with Gasteiger partial charge in [-0.3, -0.25) is 5.32 Å². The van der Waals surface area contributed by atoms with Crippen LogP contribution >= 0.6 is 0 Å². The molecule has 0 aromatic carbocycles. The van der Waals surface area contributed by atoms with Crippen LogP contribution in [0.4, 0.5) is 4.79 Å². The van der Waals surface area contributed by atoms with E-state index >= 15 is 0 Å². The second kappa shape index (κ2) is 5.08. The summed E-state index contributed by atoms with van der Waals surface area (Å²) in [7, 11) is 0. The Bertz CT molecular complexity index is 450. The lowest BCUT2D eigenvalue weighted by atomic mass is 9.85. The molecule has 1 amide bonds. The first-order valence-corrected chi connectivity index (χ1v) is 7.92. The number of carbonyl (C=O) groups excluding carboxylic acids is 1. The monoisotopic (exact) mass is 314 g/mol. The normalized spacial score (nSPS) is 34.4. The van der Waals surface area contributed by atoms with Crippen LogP contribution < -0.4 is 11.1 Å². The Morgan fingerprint density at radius 3 is 2.36 bits per heavy atom. The number of hydrogen-bond acceptors (Lipinski definition) is 5. The van der Waals surface area contributed by atoms with Gasteiger partial charge in [0.1, 0.15) is 11.7 Å². The third-order valence-electron chi connectivity index (χ3n) is 4.16. The first kappa shape index (κ1) is 17.5. The van der Waals surface area contributed by atoms with E-state index in [0.717, 1.165) is 6.42 Å². The molecule has 0 bridgehead atoms. The lowest BCUT2D eigenvalue weighted by Gasteiger charge is -2.34. The highest BCUT2D eigenvalue weighted by Gasteiger charge is 2.63. The van der Waals surface area contributed by atoms with Crippen molar-refractivity contribution in [3.8, 4) is 0 Å². The summed E-state index contributed by atoms with van der Waals surface area (Å²) < 4.78 is 17.5. The minimum atomic E-state index is -0.868. The van der Waals surface area contributed by atoms with Crippen molar-refractivity contribution >= 4 is 6.09 Å². The van der Waals surface area contributed by atoms with E-state index in [-0.39, 0.29) is 12.0 Å². The molecule has 0 aromatic rings. The first-order chi connectivity index (χ1) is 9.74. The van der Waals surface area contributed by atoms with Crippen molar-refractivity contribution in [1.82, 2.24) is 5.32 Å². The van der Waals surface area contributed by atoms with Gasteiger partial charge in [0.05, 0.1) is 0 Å². The number of rotatable bonds is 2. The Hall–Kier alpha value is -0.850. The SMILES string of the molecule is CC(C)(C)OC(=O)N[C@@]12CC[C@H](C(C)(C)N)[C@H]1OC(C)(C)O2. The molecule has 0 radical (unpaired) electrons. The van der Waals surface area contributed by atoms with Gasteiger partial charge in [0.15, 0.2) is 11.5 Å². The average molecular weight is 314 g/mol. The van der Waals surface area contributed by atoms with Gasteiger partial charge in [0.2, 0.25) is 0 Å². The van der Waals surface area contributed by atoms with Crippen molar-refractivity contribution in [2.75, 3.05) is 0 Å². The largest absolute Gasteiger partial charge is 0.444 e. The van der Waals surface area contributed by atoms with Gasteiger partial charge < -0.3 is 19.9 Å². The zero-order valence-electron chi connectivity index (χ0n) is 14.8. The van der Waals surface area contributed by atoms with Crippen LogP contribution in [0.1, 0.15) is 61.3 Å². The van der Waals surface area contributed by atoms with Gasteiger partial charge in [0, 0.05) is 11.5 Å². The van der Waals surface area contributed by atoms with Gasteiger partial charge >= 0.3 is 6.09 Å². The molecule has 1 saturated carbocycles. The first-order valence-electron chi connectivity index (χ1n) is 7.92. The van der Waals surface area contributed by atoms with Crippen LogP contribution in [0, 0.1) is 5.92 Å². The maximum absolute atomic E-state index is 12.2. The van der Waals surface area contributed by atoms with Gasteiger partial charge in [-0.15, -0.1) is 0 Å². The van der Waals surface area contributed by atoms with E-state index in [9.17, 15) is 4.79 Å². The standard InChI is InChI=1S/C16H30N2O4/c1-13(2,3)21-12(19)18-16-9-8-10(14(4,5)17)11(16)20-15(6,7)22-16/h10-11H,8-9,17H2,1-7H3,(H,18,19)/t10-,11+,16+/m0/s1. The summed E-state index contributed by atoms with van der Waals surface area (Å²) in [6.07, 6.45) is 0.718. The smallest absolute Gasteiger partial charge is 0.409 e. The number of fused-ring (bicyclic) bond motifs is 1. The quantitative estimate of drug-likeness (QED) is 0.818. The van der Waals surface area contributed by atoms with Gasteiger partial charge in [0.25, 0.3) is 0 Å². The molecule has 1 heterocycles. The van der Waals surface area contributed by atoms with Crippen LogP contribution in [0.25, 0.3) is 0 Å². The average Bonchev–Trinajstić information content (AvgIpc) is 2.61. The van der Waals surface area contributed by atoms with Crippen LogP contribution in [0.5, 0.6) is 0 Å². The van der Waals surface area contributed by atoms with Crippen LogP contribution in [-0.4, -0.2) is 34.8 Å². The van der Waals surface area contributed by atoms with Gasteiger partial charge in [-0.1, -0.05) is 0 Å². The highest BCUT2D eigenvalue weighted by Crippen LogP contribution is 2.50. The second-order valence-electron chi connectivity index (χ2n) is 8.52. The molecule has 6 heteroatoms. The molecule has 2 fully saturated rings. The zero-order chi connectivity index (χ0) is 17.0. The lowest BCUT2D eigenvalue weighted by molar-refractivity contribution is -0.176. The van der Waals surface area contributed by atoms with Crippen LogP contribution in [0.15, 0.2) is 0 Å². The Balaban J connectivity index is 2.21. The van der Waals surface area contributed by atoms with Crippen molar-refractivity contribution in [3.63, 3.8) is 0 Å². The number of amides is 1. The summed E-state index contributed by atoms with van der Waals surface area (Å²) in [5, 5.41) is 2.90. The fourth-order valence-electron chi connectivity index (χ4n) is 3.44. The predicted molar refractivity (Wildman–Crippen MR) is 83.1 cm³/mol. The molecule has 128 valence electrons. The molecule has 0 spiro atoms. The summed E-state index contributed by atoms with van der Waals surface area (Å²) in [6.45, 7) is 13.2. The third kappa shape index (κ3) is 3.55. The van der Waals surface area contributed by atoms with Crippen LogP contribution in [0.2, 0.25) is 0 Å². The number of carbonyl (C=O) groups is 1. The van der Waals surface area contributed by atoms with Crippen molar-refractivity contribution in [3.05, 3.63) is 0 Å². The Labute approximate surface area is 133 Å². The zero-order valence-corrected chi connectivity index (χ0v) is 14.8. The van der Waals surface area contributed by atoms with Crippen molar-refractivity contribution in [2.45, 2.75) is 90.1 Å². The maximum atomic E-state index is 12.2. The fourth-order valence-corrected chi connectivity index (χ4v) is 3.44. The Morgan fingerprint density at radius 1 is 1.27 bits per heavy atom. The fraction of sp³-hybridized carbons (Fsp3) is 0.938. The summed E-state index contributed by atoms with van der Waals surface area (Å²) in [5.74, 6) is -0.659. The van der Waals surface area contributed by atoms with E-state index in [2.05, 4.69) is 5.32 Å². The topological polar surface area (TPSA) is 82.8 Å². The lowest BCUT2D eigenvalue weighted by Crippen LogP contribution is -2.57. The van der Waals surface area contributed by atoms with Crippen molar-refractivity contribution in [2.24, 2.45) is 11.7 Å². The predicted octanol–water partition coefficient (Wildman–Crippen LogP) is 2.51. The number of ether oxygens (including phenoxy) is 3. The minimum absolute atomic E-state index is 0.101. The second-order valence-corrected chi connectivity index (χ2v) is 8.52. The molecule has 3 atom stereocenters. The molecule has 1 saturated heterocycles. The highest BCUT2D eigenvalue weighted by molar-refractivity contribution is 5.68. The molecule has 3 N–H and O–H groups in total. The summed E-state index contributed by atoms with van der Waals surface area (Å²) in [6, 6.07) is 0. The highest BCUT2D eigenvalue weighted by atomic mass is 16.8. The van der Waals surface area contributed by atoms with Gasteiger partial charge in [-0.05, 0) is 61.3 Å². The van der Waals surface area contributed by atoms with Crippen molar-refractivity contribution in [1.29, 1.82) is 0 Å². The molecular formula is C16H30N2O4. The number of alkyl carbamates (subject to hydrolysis) is 1. The Morgan fingerprint density at radius 2 is 1.86 bits per heavy atom. The summed E-state index contributed by atoms with van der Waals surface area (Å²) >= 11 is 0. The molecule has 6 nitrogen and oxygen atoms in total. The van der Waals surface area contributed by atoms with E-state index in [1.54, 1.807) is 0 Å². The molecule has 0 aromatic heterocycles. The minimum Gasteiger partial charge on any atom is -0.444 e. The van der Waals surface area contributed by atoms with Crippen LogP contribution in [-0.2, 0) is 14.2 Å². The van der Waals surface area contributed by atoms with E-state index in [4.69, 9.17) is 19.9 Å². The van der Waals surface area contributed by atoms with Gasteiger partial charge in [-0.2, -0.15) is 0 Å². The Kier molecular flexibility index (Phi) is 4.04. The molecule has 1 aliphatic carbocycles.